The zero-order chi connectivity index (χ0) is 9.03. The maximum absolute atomic E-state index is 10.5. The molecule has 0 bridgehead atoms. The largest absolute Gasteiger partial charge is 0.481 e. The Morgan fingerprint density at radius 2 is 2.50 bits per heavy atom. The highest BCUT2D eigenvalue weighted by Gasteiger charge is 2.37. The summed E-state index contributed by atoms with van der Waals surface area (Å²) in [7, 11) is 1.59. The first-order valence-corrected chi connectivity index (χ1v) is 3.97. The van der Waals surface area contributed by atoms with E-state index in [2.05, 4.69) is 0 Å². The van der Waals surface area contributed by atoms with E-state index in [9.17, 15) is 4.79 Å². The molecule has 0 radical (unpaired) electrons. The van der Waals surface area contributed by atoms with Gasteiger partial charge in [-0.1, -0.05) is 0 Å². The Balaban J connectivity index is 2.52. The zero-order valence-electron chi connectivity index (χ0n) is 7.21. The molecule has 12 heavy (non-hydrogen) atoms. The number of carbonyl (C=O) groups is 1. The van der Waals surface area contributed by atoms with Crippen molar-refractivity contribution < 1.29 is 19.4 Å². The fourth-order valence-corrected chi connectivity index (χ4v) is 1.58. The van der Waals surface area contributed by atoms with Crippen LogP contribution in [0.1, 0.15) is 12.8 Å². The average molecular weight is 174 g/mol. The summed E-state index contributed by atoms with van der Waals surface area (Å²) in [5.41, 5.74) is -0.277. The quantitative estimate of drug-likeness (QED) is 0.674. The minimum absolute atomic E-state index is 0.140. The first-order chi connectivity index (χ1) is 5.68. The molecule has 0 amide bonds. The van der Waals surface area contributed by atoms with Crippen LogP contribution in [0.2, 0.25) is 0 Å². The summed E-state index contributed by atoms with van der Waals surface area (Å²) in [4.78, 5) is 10.5. The Kier molecular flexibility index (Phi) is 3.05. The number of hydrogen-bond donors (Lipinski definition) is 1. The van der Waals surface area contributed by atoms with Crippen molar-refractivity contribution in [2.45, 2.75) is 12.8 Å². The summed E-state index contributed by atoms with van der Waals surface area (Å²) >= 11 is 0. The lowest BCUT2D eigenvalue weighted by atomic mass is 9.85. The van der Waals surface area contributed by atoms with E-state index in [1.807, 2.05) is 0 Å². The fourth-order valence-electron chi connectivity index (χ4n) is 1.58. The van der Waals surface area contributed by atoms with E-state index in [1.54, 1.807) is 7.11 Å². The standard InChI is InChI=1S/C8H14O4/c1-11-5-8(4-7(9)10)2-3-12-6-8/h2-6H2,1H3,(H,9,10). The van der Waals surface area contributed by atoms with Gasteiger partial charge in [-0.25, -0.2) is 0 Å². The first kappa shape index (κ1) is 9.48. The molecule has 4 heteroatoms. The zero-order valence-corrected chi connectivity index (χ0v) is 7.21. The van der Waals surface area contributed by atoms with Crippen molar-refractivity contribution in [3.63, 3.8) is 0 Å². The van der Waals surface area contributed by atoms with Gasteiger partial charge in [0.2, 0.25) is 0 Å². The molecule has 0 aliphatic carbocycles. The smallest absolute Gasteiger partial charge is 0.304 e. The summed E-state index contributed by atoms with van der Waals surface area (Å²) < 4.78 is 10.2. The van der Waals surface area contributed by atoms with Crippen molar-refractivity contribution >= 4 is 5.97 Å². The molecule has 1 atom stereocenters. The summed E-state index contributed by atoms with van der Waals surface area (Å²) in [6.45, 7) is 1.63. The molecule has 1 rings (SSSR count). The van der Waals surface area contributed by atoms with E-state index in [0.717, 1.165) is 6.42 Å². The van der Waals surface area contributed by atoms with Crippen LogP contribution >= 0.6 is 0 Å². The third kappa shape index (κ3) is 2.19. The first-order valence-electron chi connectivity index (χ1n) is 3.97. The van der Waals surface area contributed by atoms with Crippen LogP contribution in [0.5, 0.6) is 0 Å². The van der Waals surface area contributed by atoms with Gasteiger partial charge in [0.1, 0.15) is 0 Å². The van der Waals surface area contributed by atoms with Crippen LogP contribution in [0, 0.1) is 5.41 Å². The van der Waals surface area contributed by atoms with Crippen molar-refractivity contribution in [3.05, 3.63) is 0 Å². The minimum atomic E-state index is -0.780. The van der Waals surface area contributed by atoms with Gasteiger partial charge in [-0.3, -0.25) is 4.79 Å². The van der Waals surface area contributed by atoms with Gasteiger partial charge >= 0.3 is 5.97 Å². The number of rotatable bonds is 4. The van der Waals surface area contributed by atoms with Crippen LogP contribution in [-0.2, 0) is 14.3 Å². The third-order valence-corrected chi connectivity index (χ3v) is 2.16. The topological polar surface area (TPSA) is 55.8 Å². The maximum atomic E-state index is 10.5. The summed E-state index contributed by atoms with van der Waals surface area (Å²) in [6, 6.07) is 0. The molecule has 0 aromatic carbocycles. The summed E-state index contributed by atoms with van der Waals surface area (Å²) in [6.07, 6.45) is 0.925. The van der Waals surface area contributed by atoms with Crippen LogP contribution in [-0.4, -0.2) is 38.0 Å². The number of carboxylic acids is 1. The second-order valence-corrected chi connectivity index (χ2v) is 3.31. The van der Waals surface area contributed by atoms with Crippen molar-refractivity contribution in [2.75, 3.05) is 26.9 Å². The van der Waals surface area contributed by atoms with Crippen LogP contribution < -0.4 is 0 Å². The number of methoxy groups -OCH3 is 1. The van der Waals surface area contributed by atoms with Gasteiger partial charge in [0.05, 0.1) is 19.6 Å². The highest BCUT2D eigenvalue weighted by molar-refractivity contribution is 5.67. The molecular formula is C8H14O4. The molecule has 70 valence electrons. The van der Waals surface area contributed by atoms with E-state index >= 15 is 0 Å². The molecular weight excluding hydrogens is 160 g/mol. The molecule has 1 N–H and O–H groups in total. The second-order valence-electron chi connectivity index (χ2n) is 3.31. The molecule has 1 heterocycles. The van der Waals surface area contributed by atoms with Gasteiger partial charge in [-0.15, -0.1) is 0 Å². The van der Waals surface area contributed by atoms with Crippen LogP contribution in [0.4, 0.5) is 0 Å². The lowest BCUT2D eigenvalue weighted by Gasteiger charge is -2.23. The van der Waals surface area contributed by atoms with E-state index in [-0.39, 0.29) is 11.8 Å². The van der Waals surface area contributed by atoms with Crippen molar-refractivity contribution in [2.24, 2.45) is 5.41 Å². The van der Waals surface area contributed by atoms with Gasteiger partial charge < -0.3 is 14.6 Å². The van der Waals surface area contributed by atoms with Gasteiger partial charge in [0.25, 0.3) is 0 Å². The molecule has 1 saturated heterocycles. The molecule has 1 fully saturated rings. The third-order valence-electron chi connectivity index (χ3n) is 2.16. The normalized spacial score (nSPS) is 29.1. The predicted octanol–water partition coefficient (Wildman–Crippen LogP) is 0.514. The van der Waals surface area contributed by atoms with Crippen LogP contribution in [0.3, 0.4) is 0 Å². The molecule has 4 nitrogen and oxygen atoms in total. The van der Waals surface area contributed by atoms with Crippen LogP contribution in [0.15, 0.2) is 0 Å². The highest BCUT2D eigenvalue weighted by Crippen LogP contribution is 2.32. The SMILES string of the molecule is COCC1(CC(=O)O)CCOC1. The molecule has 1 unspecified atom stereocenters. The minimum Gasteiger partial charge on any atom is -0.481 e. The number of hydrogen-bond acceptors (Lipinski definition) is 3. The van der Waals surface area contributed by atoms with Gasteiger partial charge in [-0.2, -0.15) is 0 Å². The molecule has 1 aliphatic heterocycles. The molecule has 0 aromatic heterocycles. The fraction of sp³-hybridized carbons (Fsp3) is 0.875. The Bertz CT molecular complexity index is 160. The Morgan fingerprint density at radius 3 is 2.92 bits per heavy atom. The summed E-state index contributed by atoms with van der Waals surface area (Å²) in [5, 5.41) is 8.65. The maximum Gasteiger partial charge on any atom is 0.304 e. The number of carboxylic acid groups (broad SMARTS) is 1. The number of aliphatic carboxylic acids is 1. The highest BCUT2D eigenvalue weighted by atomic mass is 16.5. The van der Waals surface area contributed by atoms with Gasteiger partial charge in [0, 0.05) is 19.1 Å². The summed E-state index contributed by atoms with van der Waals surface area (Å²) in [5.74, 6) is -0.780. The van der Waals surface area contributed by atoms with E-state index in [0.29, 0.717) is 19.8 Å². The van der Waals surface area contributed by atoms with E-state index in [4.69, 9.17) is 14.6 Å². The van der Waals surface area contributed by atoms with Crippen molar-refractivity contribution in [3.8, 4) is 0 Å². The molecule has 0 spiro atoms. The van der Waals surface area contributed by atoms with Gasteiger partial charge in [0.15, 0.2) is 0 Å². The lowest BCUT2D eigenvalue weighted by Crippen LogP contribution is -2.29. The molecule has 1 aliphatic rings. The Morgan fingerprint density at radius 1 is 1.75 bits per heavy atom. The van der Waals surface area contributed by atoms with Crippen molar-refractivity contribution in [1.82, 2.24) is 0 Å². The van der Waals surface area contributed by atoms with E-state index in [1.165, 1.54) is 0 Å². The molecule has 0 aromatic rings. The Labute approximate surface area is 71.5 Å². The second kappa shape index (κ2) is 3.87. The van der Waals surface area contributed by atoms with Crippen LogP contribution in [0.25, 0.3) is 0 Å². The lowest BCUT2D eigenvalue weighted by molar-refractivity contribution is -0.140. The molecule has 0 saturated carbocycles. The van der Waals surface area contributed by atoms with Gasteiger partial charge in [-0.05, 0) is 6.42 Å². The van der Waals surface area contributed by atoms with Crippen molar-refractivity contribution in [1.29, 1.82) is 0 Å². The predicted molar refractivity (Wildman–Crippen MR) is 42.0 cm³/mol. The average Bonchev–Trinajstić information content (AvgIpc) is 2.36. The Hall–Kier alpha value is -0.610. The van der Waals surface area contributed by atoms with E-state index < -0.39 is 5.97 Å². The monoisotopic (exact) mass is 174 g/mol. The number of ether oxygens (including phenoxy) is 2.